The molecule has 5 nitrogen and oxygen atoms in total. The minimum Gasteiger partial charge on any atom is -0.280 e. The Labute approximate surface area is 132 Å². The van der Waals surface area contributed by atoms with Crippen LogP contribution in [-0.4, -0.2) is 13.4 Å². The largest absolute Gasteiger partial charge is 0.280 e. The van der Waals surface area contributed by atoms with Gasteiger partial charge < -0.3 is 0 Å². The summed E-state index contributed by atoms with van der Waals surface area (Å²) in [7, 11) is -3.80. The van der Waals surface area contributed by atoms with Crippen LogP contribution in [0.3, 0.4) is 0 Å². The minimum absolute atomic E-state index is 0.0384. The van der Waals surface area contributed by atoms with E-state index in [1.165, 1.54) is 6.07 Å². The van der Waals surface area contributed by atoms with Gasteiger partial charge in [-0.05, 0) is 23.8 Å². The lowest BCUT2D eigenvalue weighted by Crippen LogP contribution is -2.13. The first-order chi connectivity index (χ1) is 9.92. The van der Waals surface area contributed by atoms with Gasteiger partial charge in [-0.3, -0.25) is 4.72 Å². The van der Waals surface area contributed by atoms with Crippen LogP contribution in [0.15, 0.2) is 41.4 Å². The number of pyridine rings is 1. The Morgan fingerprint density at radius 2 is 1.90 bits per heavy atom. The fourth-order valence-electron chi connectivity index (χ4n) is 1.55. The van der Waals surface area contributed by atoms with Crippen LogP contribution >= 0.6 is 23.2 Å². The molecular formula is C13H9Cl2N3O2S. The Hall–Kier alpha value is -1.81. The maximum Gasteiger partial charge on any atom is 0.263 e. The van der Waals surface area contributed by atoms with E-state index >= 15 is 0 Å². The number of aromatic nitrogens is 1. The second-order valence-corrected chi connectivity index (χ2v) is 6.53. The Balaban J connectivity index is 2.24. The van der Waals surface area contributed by atoms with Crippen LogP contribution in [0, 0.1) is 11.3 Å². The SMILES string of the molecule is N#CCc1ccc(NS(=O)(=O)c2cnc(Cl)c(Cl)c2)cc1. The van der Waals surface area contributed by atoms with Gasteiger partial charge in [-0.15, -0.1) is 0 Å². The van der Waals surface area contributed by atoms with E-state index in [2.05, 4.69) is 9.71 Å². The van der Waals surface area contributed by atoms with Gasteiger partial charge in [0.25, 0.3) is 10.0 Å². The molecule has 0 aliphatic rings. The highest BCUT2D eigenvalue weighted by Crippen LogP contribution is 2.23. The average Bonchev–Trinajstić information content (AvgIpc) is 2.44. The molecule has 108 valence electrons. The van der Waals surface area contributed by atoms with E-state index in [9.17, 15) is 8.42 Å². The summed E-state index contributed by atoms with van der Waals surface area (Å²) in [6.07, 6.45) is 1.39. The summed E-state index contributed by atoms with van der Waals surface area (Å²) in [4.78, 5) is 3.62. The van der Waals surface area contributed by atoms with Crippen molar-refractivity contribution in [1.29, 1.82) is 5.26 Å². The van der Waals surface area contributed by atoms with Crippen molar-refractivity contribution < 1.29 is 8.42 Å². The van der Waals surface area contributed by atoms with Crippen LogP contribution in [-0.2, 0) is 16.4 Å². The predicted octanol–water partition coefficient (Wildman–Crippen LogP) is 3.26. The van der Waals surface area contributed by atoms with Crippen LogP contribution in [0.1, 0.15) is 5.56 Å². The molecule has 21 heavy (non-hydrogen) atoms. The monoisotopic (exact) mass is 341 g/mol. The Bertz CT molecular complexity index is 799. The van der Waals surface area contributed by atoms with Crippen molar-refractivity contribution in [2.24, 2.45) is 0 Å². The molecule has 2 rings (SSSR count). The molecule has 0 bridgehead atoms. The van der Waals surface area contributed by atoms with Crippen LogP contribution in [0.2, 0.25) is 10.2 Å². The molecule has 1 aromatic heterocycles. The van der Waals surface area contributed by atoms with E-state index in [-0.39, 0.29) is 21.5 Å². The quantitative estimate of drug-likeness (QED) is 0.865. The van der Waals surface area contributed by atoms with Crippen LogP contribution in [0.4, 0.5) is 5.69 Å². The number of benzene rings is 1. The maximum absolute atomic E-state index is 12.2. The van der Waals surface area contributed by atoms with Crippen molar-refractivity contribution in [2.75, 3.05) is 4.72 Å². The lowest BCUT2D eigenvalue weighted by Gasteiger charge is -2.08. The molecule has 0 saturated carbocycles. The molecule has 1 N–H and O–H groups in total. The lowest BCUT2D eigenvalue weighted by molar-refractivity contribution is 0.601. The summed E-state index contributed by atoms with van der Waals surface area (Å²) in [5.41, 5.74) is 1.18. The molecule has 0 unspecified atom stereocenters. The molecule has 0 radical (unpaired) electrons. The van der Waals surface area contributed by atoms with Crippen LogP contribution in [0.25, 0.3) is 0 Å². The van der Waals surface area contributed by atoms with Gasteiger partial charge >= 0.3 is 0 Å². The zero-order valence-electron chi connectivity index (χ0n) is 10.5. The summed E-state index contributed by atoms with van der Waals surface area (Å²) in [5.74, 6) is 0. The van der Waals surface area contributed by atoms with Crippen molar-refractivity contribution in [2.45, 2.75) is 11.3 Å². The first-order valence-corrected chi connectivity index (χ1v) is 7.96. The lowest BCUT2D eigenvalue weighted by atomic mass is 10.1. The molecule has 0 aliphatic heterocycles. The topological polar surface area (TPSA) is 82.9 Å². The van der Waals surface area contributed by atoms with Gasteiger partial charge in [-0.25, -0.2) is 13.4 Å². The van der Waals surface area contributed by atoms with E-state index in [1.54, 1.807) is 24.3 Å². The number of halogens is 2. The van der Waals surface area contributed by atoms with Crippen molar-refractivity contribution in [3.05, 3.63) is 52.3 Å². The van der Waals surface area contributed by atoms with Crippen molar-refractivity contribution in [3.8, 4) is 6.07 Å². The summed E-state index contributed by atoms with van der Waals surface area (Å²) in [6, 6.07) is 9.75. The number of hydrogen-bond acceptors (Lipinski definition) is 4. The number of anilines is 1. The molecule has 0 amide bonds. The highest BCUT2D eigenvalue weighted by molar-refractivity contribution is 7.92. The Morgan fingerprint density at radius 1 is 1.24 bits per heavy atom. The molecule has 8 heteroatoms. The van der Waals surface area contributed by atoms with Crippen molar-refractivity contribution in [3.63, 3.8) is 0 Å². The summed E-state index contributed by atoms with van der Waals surface area (Å²) >= 11 is 11.4. The smallest absolute Gasteiger partial charge is 0.263 e. The highest BCUT2D eigenvalue weighted by Gasteiger charge is 2.16. The van der Waals surface area contributed by atoms with E-state index in [0.717, 1.165) is 11.8 Å². The number of sulfonamides is 1. The molecule has 0 spiro atoms. The first-order valence-electron chi connectivity index (χ1n) is 5.72. The van der Waals surface area contributed by atoms with Crippen molar-refractivity contribution in [1.82, 2.24) is 4.98 Å². The Kier molecular flexibility index (Phi) is 4.68. The zero-order chi connectivity index (χ0) is 15.5. The van der Waals surface area contributed by atoms with Gasteiger partial charge in [-0.2, -0.15) is 5.26 Å². The minimum atomic E-state index is -3.80. The molecule has 0 saturated heterocycles. The predicted molar refractivity (Wildman–Crippen MR) is 80.8 cm³/mol. The van der Waals surface area contributed by atoms with Gasteiger partial charge in [0.2, 0.25) is 0 Å². The third kappa shape index (κ3) is 3.85. The van der Waals surface area contributed by atoms with Gasteiger partial charge in [0.1, 0.15) is 10.0 Å². The average molecular weight is 342 g/mol. The number of nitrogens with one attached hydrogen (secondary N) is 1. The standard InChI is InChI=1S/C13H9Cl2N3O2S/c14-12-7-11(8-17-13(12)15)21(19,20)18-10-3-1-9(2-4-10)5-6-16/h1-4,7-8,18H,5H2. The van der Waals surface area contributed by atoms with Gasteiger partial charge in [0, 0.05) is 11.9 Å². The molecule has 2 aromatic rings. The maximum atomic E-state index is 12.2. The second kappa shape index (κ2) is 6.31. The molecule has 0 atom stereocenters. The van der Waals surface area contributed by atoms with E-state index < -0.39 is 10.0 Å². The highest BCUT2D eigenvalue weighted by atomic mass is 35.5. The van der Waals surface area contributed by atoms with E-state index in [0.29, 0.717) is 5.69 Å². The molecule has 1 aromatic carbocycles. The van der Waals surface area contributed by atoms with E-state index in [4.69, 9.17) is 28.5 Å². The fraction of sp³-hybridized carbons (Fsp3) is 0.0769. The molecule has 0 fully saturated rings. The van der Waals surface area contributed by atoms with Gasteiger partial charge in [0.15, 0.2) is 0 Å². The van der Waals surface area contributed by atoms with Gasteiger partial charge in [0.05, 0.1) is 17.5 Å². The number of hydrogen-bond donors (Lipinski definition) is 1. The van der Waals surface area contributed by atoms with Crippen molar-refractivity contribution >= 4 is 38.9 Å². The number of rotatable bonds is 4. The fourth-order valence-corrected chi connectivity index (χ4v) is 2.91. The molecule has 0 aliphatic carbocycles. The molecular weight excluding hydrogens is 333 g/mol. The Morgan fingerprint density at radius 3 is 2.48 bits per heavy atom. The second-order valence-electron chi connectivity index (χ2n) is 4.08. The van der Waals surface area contributed by atoms with E-state index in [1.807, 2.05) is 6.07 Å². The third-order valence-corrected chi connectivity index (χ3v) is 4.61. The van der Waals surface area contributed by atoms with Crippen LogP contribution < -0.4 is 4.72 Å². The molecule has 1 heterocycles. The summed E-state index contributed by atoms with van der Waals surface area (Å²) in [6.45, 7) is 0. The first kappa shape index (κ1) is 15.6. The summed E-state index contributed by atoms with van der Waals surface area (Å²) in [5, 5.41) is 8.68. The number of nitriles is 1. The number of nitrogens with zero attached hydrogens (tertiary/aromatic N) is 2. The normalized spacial score (nSPS) is 10.9. The summed E-state index contributed by atoms with van der Waals surface area (Å²) < 4.78 is 26.7. The van der Waals surface area contributed by atoms with Gasteiger partial charge in [-0.1, -0.05) is 35.3 Å². The van der Waals surface area contributed by atoms with Crippen LogP contribution in [0.5, 0.6) is 0 Å². The zero-order valence-corrected chi connectivity index (χ0v) is 12.9. The third-order valence-electron chi connectivity index (χ3n) is 2.57.